The number of nitrogens with zero attached hydrogens (tertiary/aromatic N) is 3. The fourth-order valence-corrected chi connectivity index (χ4v) is 9.84. The van der Waals surface area contributed by atoms with Crippen LogP contribution in [0.15, 0.2) is 205 Å². The monoisotopic (exact) mass is 739 g/mol. The van der Waals surface area contributed by atoms with E-state index in [-0.39, 0.29) is 0 Å². The summed E-state index contributed by atoms with van der Waals surface area (Å²) in [6.07, 6.45) is 0. The second-order valence-electron chi connectivity index (χ2n) is 15.3. The zero-order chi connectivity index (χ0) is 37.9. The summed E-state index contributed by atoms with van der Waals surface area (Å²) in [6.45, 7) is 0. The number of fused-ring (bicyclic) bond motifs is 13. The van der Waals surface area contributed by atoms with E-state index in [4.69, 9.17) is 4.42 Å². The average Bonchev–Trinajstić information content (AvgIpc) is 4.03. The lowest BCUT2D eigenvalue weighted by Gasteiger charge is -2.10. The lowest BCUT2D eigenvalue weighted by molar-refractivity contribution is 0.669. The van der Waals surface area contributed by atoms with Crippen molar-refractivity contribution in [2.24, 2.45) is 0 Å². The van der Waals surface area contributed by atoms with E-state index in [1.54, 1.807) is 0 Å². The molecule has 0 atom stereocenters. The number of furan rings is 1. The van der Waals surface area contributed by atoms with Gasteiger partial charge in [0.15, 0.2) is 0 Å². The molecule has 9 aromatic carbocycles. The Morgan fingerprint density at radius 2 is 0.793 bits per heavy atom. The lowest BCUT2D eigenvalue weighted by Crippen LogP contribution is -1.94. The van der Waals surface area contributed by atoms with Gasteiger partial charge < -0.3 is 18.1 Å². The van der Waals surface area contributed by atoms with Crippen molar-refractivity contribution >= 4 is 87.4 Å². The Balaban J connectivity index is 1.05. The minimum Gasteiger partial charge on any atom is -0.456 e. The standard InChI is InChI=1S/C54H33N3O/c1-3-14-35(15-4-1)55-44-22-10-7-18-39(44)42-32-34(26-28-47(42)55)38-21-13-25-51-52(38)43-33-37(27-31-50(43)58-51)57-46-24-12-9-20-41(46)54-49(57)30-29-48-53(54)40-19-8-11-23-45(40)56(48)36-16-5-2-6-17-36/h1-33H. The van der Waals surface area contributed by atoms with Crippen molar-refractivity contribution in [3.63, 3.8) is 0 Å². The molecule has 0 aliphatic rings. The SMILES string of the molecule is c1ccc(-n2c3ccccc3c3cc(-c4cccc5oc6ccc(-n7c8ccccc8c8c9c%10ccccc%10n(-c%10ccccc%10)c9ccc87)cc6c45)ccc32)cc1. The van der Waals surface area contributed by atoms with Gasteiger partial charge in [0.1, 0.15) is 11.2 Å². The smallest absolute Gasteiger partial charge is 0.136 e. The van der Waals surface area contributed by atoms with Crippen LogP contribution in [-0.4, -0.2) is 13.7 Å². The molecule has 4 heteroatoms. The van der Waals surface area contributed by atoms with Gasteiger partial charge in [-0.25, -0.2) is 0 Å². The van der Waals surface area contributed by atoms with Gasteiger partial charge in [0.05, 0.1) is 33.1 Å². The van der Waals surface area contributed by atoms with Crippen molar-refractivity contribution < 1.29 is 4.42 Å². The molecule has 4 nitrogen and oxygen atoms in total. The number of rotatable bonds is 4. The first kappa shape index (κ1) is 31.4. The summed E-state index contributed by atoms with van der Waals surface area (Å²) >= 11 is 0. The number of hydrogen-bond acceptors (Lipinski definition) is 1. The summed E-state index contributed by atoms with van der Waals surface area (Å²) in [6, 6.07) is 72.3. The third-order valence-corrected chi connectivity index (χ3v) is 12.2. The highest BCUT2D eigenvalue weighted by Gasteiger charge is 2.22. The summed E-state index contributed by atoms with van der Waals surface area (Å²) in [5.74, 6) is 0. The summed E-state index contributed by atoms with van der Waals surface area (Å²) < 4.78 is 13.8. The van der Waals surface area contributed by atoms with Crippen LogP contribution in [0.25, 0.3) is 116 Å². The highest BCUT2D eigenvalue weighted by atomic mass is 16.3. The molecule has 0 aliphatic carbocycles. The van der Waals surface area contributed by atoms with Gasteiger partial charge in [-0.15, -0.1) is 0 Å². The number of hydrogen-bond donors (Lipinski definition) is 0. The van der Waals surface area contributed by atoms with E-state index in [1.165, 1.54) is 65.4 Å². The first-order valence-electron chi connectivity index (χ1n) is 19.9. The van der Waals surface area contributed by atoms with E-state index in [0.717, 1.165) is 50.1 Å². The third kappa shape index (κ3) is 4.29. The Kier molecular flexibility index (Phi) is 6.41. The van der Waals surface area contributed by atoms with Crippen LogP contribution in [-0.2, 0) is 0 Å². The largest absolute Gasteiger partial charge is 0.456 e. The molecular formula is C54H33N3O. The van der Waals surface area contributed by atoms with E-state index in [0.29, 0.717) is 0 Å². The van der Waals surface area contributed by atoms with Crippen molar-refractivity contribution in [2.75, 3.05) is 0 Å². The number of aromatic nitrogens is 3. The Morgan fingerprint density at radius 1 is 0.276 bits per heavy atom. The molecule has 13 aromatic rings. The fourth-order valence-electron chi connectivity index (χ4n) is 9.84. The molecule has 4 aromatic heterocycles. The molecular weight excluding hydrogens is 707 g/mol. The van der Waals surface area contributed by atoms with Crippen molar-refractivity contribution in [1.82, 2.24) is 13.7 Å². The molecule has 0 spiro atoms. The predicted octanol–water partition coefficient (Wildman–Crippen LogP) is 14.5. The van der Waals surface area contributed by atoms with Crippen LogP contribution >= 0.6 is 0 Å². The minimum absolute atomic E-state index is 0.877. The number of benzene rings is 9. The third-order valence-electron chi connectivity index (χ3n) is 12.2. The van der Waals surface area contributed by atoms with Crippen LogP contribution in [0.5, 0.6) is 0 Å². The zero-order valence-electron chi connectivity index (χ0n) is 31.3. The zero-order valence-corrected chi connectivity index (χ0v) is 31.3. The van der Waals surface area contributed by atoms with Crippen molar-refractivity contribution in [3.8, 4) is 28.2 Å². The minimum atomic E-state index is 0.877. The van der Waals surface area contributed by atoms with E-state index in [9.17, 15) is 0 Å². The maximum atomic E-state index is 6.62. The maximum absolute atomic E-state index is 6.62. The summed E-state index contributed by atoms with van der Waals surface area (Å²) in [4.78, 5) is 0. The van der Waals surface area contributed by atoms with Crippen LogP contribution in [0, 0.1) is 0 Å². The molecule has 0 radical (unpaired) electrons. The fraction of sp³-hybridized carbons (Fsp3) is 0. The quantitative estimate of drug-likeness (QED) is 0.177. The van der Waals surface area contributed by atoms with Crippen molar-refractivity contribution in [1.29, 1.82) is 0 Å². The van der Waals surface area contributed by atoms with Crippen LogP contribution in [0.4, 0.5) is 0 Å². The van der Waals surface area contributed by atoms with Gasteiger partial charge in [-0.05, 0) is 102 Å². The van der Waals surface area contributed by atoms with Crippen LogP contribution < -0.4 is 0 Å². The molecule has 0 saturated heterocycles. The Hall–Kier alpha value is -7.82. The highest BCUT2D eigenvalue weighted by Crippen LogP contribution is 2.44. The first-order valence-corrected chi connectivity index (χ1v) is 19.9. The van der Waals surface area contributed by atoms with E-state index >= 15 is 0 Å². The van der Waals surface area contributed by atoms with Crippen LogP contribution in [0.3, 0.4) is 0 Å². The van der Waals surface area contributed by atoms with Gasteiger partial charge in [0.25, 0.3) is 0 Å². The maximum Gasteiger partial charge on any atom is 0.136 e. The summed E-state index contributed by atoms with van der Waals surface area (Å²) in [5, 5.41) is 9.71. The topological polar surface area (TPSA) is 27.9 Å². The van der Waals surface area contributed by atoms with Crippen molar-refractivity contribution in [2.45, 2.75) is 0 Å². The molecule has 13 rings (SSSR count). The molecule has 270 valence electrons. The second-order valence-corrected chi connectivity index (χ2v) is 15.3. The Labute approximate surface area is 332 Å². The van der Waals surface area contributed by atoms with Gasteiger partial charge in [-0.1, -0.05) is 109 Å². The highest BCUT2D eigenvalue weighted by molar-refractivity contribution is 6.29. The van der Waals surface area contributed by atoms with Gasteiger partial charge in [-0.2, -0.15) is 0 Å². The molecule has 0 unspecified atom stereocenters. The molecule has 0 N–H and O–H groups in total. The predicted molar refractivity (Wildman–Crippen MR) is 242 cm³/mol. The molecule has 0 saturated carbocycles. The van der Waals surface area contributed by atoms with Crippen LogP contribution in [0.1, 0.15) is 0 Å². The van der Waals surface area contributed by atoms with Crippen molar-refractivity contribution in [3.05, 3.63) is 200 Å². The van der Waals surface area contributed by atoms with E-state index < -0.39 is 0 Å². The van der Waals surface area contributed by atoms with Gasteiger partial charge in [0, 0.05) is 60.2 Å². The lowest BCUT2D eigenvalue weighted by atomic mass is 9.97. The van der Waals surface area contributed by atoms with Gasteiger partial charge >= 0.3 is 0 Å². The van der Waals surface area contributed by atoms with Gasteiger partial charge in [-0.3, -0.25) is 0 Å². The second kappa shape index (κ2) is 11.8. The summed E-state index contributed by atoms with van der Waals surface area (Å²) in [7, 11) is 0. The Morgan fingerprint density at radius 3 is 1.45 bits per heavy atom. The normalized spacial score (nSPS) is 12.1. The van der Waals surface area contributed by atoms with Gasteiger partial charge in [0.2, 0.25) is 0 Å². The molecule has 0 aliphatic heterocycles. The number of para-hydroxylation sites is 5. The van der Waals surface area contributed by atoms with E-state index in [1.807, 2.05) is 0 Å². The molecule has 0 bridgehead atoms. The molecule has 4 heterocycles. The molecule has 58 heavy (non-hydrogen) atoms. The Bertz CT molecular complexity index is 3790. The van der Waals surface area contributed by atoms with E-state index in [2.05, 4.69) is 214 Å². The molecule has 0 fully saturated rings. The molecule has 0 amide bonds. The van der Waals surface area contributed by atoms with Crippen LogP contribution in [0.2, 0.25) is 0 Å². The first-order chi connectivity index (χ1) is 28.8. The summed E-state index contributed by atoms with van der Waals surface area (Å²) in [5.41, 5.74) is 14.6. The average molecular weight is 740 g/mol.